The summed E-state index contributed by atoms with van der Waals surface area (Å²) in [6.45, 7) is 0.474. The molecule has 0 amide bonds. The van der Waals surface area contributed by atoms with Crippen LogP contribution >= 0.6 is 0 Å². The molecule has 0 saturated heterocycles. The van der Waals surface area contributed by atoms with Gasteiger partial charge < -0.3 is 5.73 Å². The Bertz CT molecular complexity index is 419. The van der Waals surface area contributed by atoms with E-state index in [1.165, 1.54) is 0 Å². The largest absolute Gasteiger partial charge is 0.330 e. The molecule has 0 aliphatic carbocycles. The van der Waals surface area contributed by atoms with Gasteiger partial charge in [-0.3, -0.25) is 0 Å². The van der Waals surface area contributed by atoms with E-state index >= 15 is 0 Å². The van der Waals surface area contributed by atoms with Crippen molar-refractivity contribution in [1.29, 1.82) is 5.26 Å². The number of nitriles is 1. The summed E-state index contributed by atoms with van der Waals surface area (Å²) in [5.74, 6) is -1.97. The van der Waals surface area contributed by atoms with Crippen molar-refractivity contribution >= 4 is 6.08 Å². The number of hydrogen-bond donors (Lipinski definition) is 1. The Morgan fingerprint density at radius 2 is 2.00 bits per heavy atom. The highest BCUT2D eigenvalue weighted by Gasteiger charge is 2.06. The quantitative estimate of drug-likeness (QED) is 0.827. The molecule has 0 atom stereocenters. The highest BCUT2D eigenvalue weighted by Crippen LogP contribution is 2.15. The zero-order chi connectivity index (χ0) is 11.3. The summed E-state index contributed by atoms with van der Waals surface area (Å²) >= 11 is 0. The molecule has 1 aromatic carbocycles. The third-order valence-electron chi connectivity index (χ3n) is 1.84. The lowest BCUT2D eigenvalue weighted by atomic mass is 10.1. The van der Waals surface area contributed by atoms with Gasteiger partial charge >= 0.3 is 0 Å². The van der Waals surface area contributed by atoms with Crippen molar-refractivity contribution in [2.24, 2.45) is 5.73 Å². The summed E-state index contributed by atoms with van der Waals surface area (Å²) in [6, 6.07) is 3.69. The summed E-state index contributed by atoms with van der Waals surface area (Å²) < 4.78 is 25.6. The molecule has 0 aliphatic rings. The first-order valence-corrected chi connectivity index (χ1v) is 4.44. The second-order valence-corrected chi connectivity index (χ2v) is 2.95. The molecule has 0 saturated carbocycles. The lowest BCUT2D eigenvalue weighted by Gasteiger charge is -1.99. The summed E-state index contributed by atoms with van der Waals surface area (Å²) in [5, 5.41) is 8.69. The zero-order valence-corrected chi connectivity index (χ0v) is 8.00. The summed E-state index contributed by atoms with van der Waals surface area (Å²) in [5.41, 5.74) is 5.75. The molecule has 0 radical (unpaired) electrons. The van der Waals surface area contributed by atoms with Gasteiger partial charge in [0.25, 0.3) is 0 Å². The Labute approximate surface area is 86.6 Å². The fourth-order valence-electron chi connectivity index (χ4n) is 1.10. The summed E-state index contributed by atoms with van der Waals surface area (Å²) in [6.07, 6.45) is 3.91. The van der Waals surface area contributed by atoms with Crippen molar-refractivity contribution < 1.29 is 8.78 Å². The van der Waals surface area contributed by atoms with E-state index in [-0.39, 0.29) is 5.56 Å². The summed E-state index contributed by atoms with van der Waals surface area (Å²) in [7, 11) is 0. The topological polar surface area (TPSA) is 49.8 Å². The maximum atomic E-state index is 12.9. The van der Waals surface area contributed by atoms with E-state index in [2.05, 4.69) is 0 Å². The highest BCUT2D eigenvalue weighted by atomic mass is 19.2. The van der Waals surface area contributed by atoms with Crippen LogP contribution in [0.15, 0.2) is 18.2 Å². The van der Waals surface area contributed by atoms with Crippen LogP contribution in [0, 0.1) is 23.0 Å². The number of hydrogen-bond acceptors (Lipinski definition) is 2. The lowest BCUT2D eigenvalue weighted by Crippen LogP contribution is -1.95. The van der Waals surface area contributed by atoms with Crippen LogP contribution in [0.2, 0.25) is 0 Å². The number of nitrogens with zero attached hydrogens (tertiary/aromatic N) is 1. The molecule has 0 aromatic heterocycles. The molecule has 15 heavy (non-hydrogen) atoms. The van der Waals surface area contributed by atoms with E-state index in [1.807, 2.05) is 0 Å². The maximum Gasteiger partial charge on any atom is 0.160 e. The van der Waals surface area contributed by atoms with E-state index in [0.29, 0.717) is 18.5 Å². The van der Waals surface area contributed by atoms with Gasteiger partial charge in [0.05, 0.1) is 11.6 Å². The molecule has 1 rings (SSSR count). The van der Waals surface area contributed by atoms with Crippen molar-refractivity contribution in [2.75, 3.05) is 6.54 Å². The molecule has 2 nitrogen and oxygen atoms in total. The molecule has 0 fully saturated rings. The van der Waals surface area contributed by atoms with Crippen LogP contribution in [0.25, 0.3) is 6.08 Å². The average Bonchev–Trinajstić information content (AvgIpc) is 2.23. The predicted octanol–water partition coefficient (Wildman–Crippen LogP) is 2.20. The maximum absolute atomic E-state index is 12.9. The van der Waals surface area contributed by atoms with Crippen LogP contribution in [0.1, 0.15) is 17.5 Å². The van der Waals surface area contributed by atoms with Crippen molar-refractivity contribution in [3.8, 4) is 6.07 Å². The first-order chi connectivity index (χ1) is 7.19. The molecule has 78 valence electrons. The molecule has 0 unspecified atom stereocenters. The number of nitrogens with two attached hydrogens (primary N) is 1. The van der Waals surface area contributed by atoms with E-state index < -0.39 is 11.6 Å². The minimum atomic E-state index is -1.01. The first kappa shape index (κ1) is 11.3. The average molecular weight is 208 g/mol. The van der Waals surface area contributed by atoms with Gasteiger partial charge in [0, 0.05) is 0 Å². The van der Waals surface area contributed by atoms with Gasteiger partial charge in [-0.25, -0.2) is 8.78 Å². The number of rotatable bonds is 3. The van der Waals surface area contributed by atoms with E-state index in [0.717, 1.165) is 12.1 Å². The molecule has 4 heteroatoms. The van der Waals surface area contributed by atoms with Crippen LogP contribution in [-0.2, 0) is 0 Å². The minimum absolute atomic E-state index is 0.113. The van der Waals surface area contributed by atoms with E-state index in [9.17, 15) is 8.78 Å². The van der Waals surface area contributed by atoms with Crippen molar-refractivity contribution in [2.45, 2.75) is 6.42 Å². The Balaban J connectivity index is 3.06. The van der Waals surface area contributed by atoms with Gasteiger partial charge in [-0.05, 0) is 30.7 Å². The molecule has 2 N–H and O–H groups in total. The Kier molecular flexibility index (Phi) is 3.95. The highest BCUT2D eigenvalue weighted by molar-refractivity contribution is 5.58. The van der Waals surface area contributed by atoms with E-state index in [4.69, 9.17) is 11.0 Å². The van der Waals surface area contributed by atoms with Crippen LogP contribution in [-0.4, -0.2) is 6.54 Å². The third kappa shape index (κ3) is 2.86. The number of halogens is 2. The van der Waals surface area contributed by atoms with Gasteiger partial charge in [0.1, 0.15) is 0 Å². The molecule has 0 bridgehead atoms. The Hall–Kier alpha value is -1.73. The summed E-state index contributed by atoms with van der Waals surface area (Å²) in [4.78, 5) is 0. The van der Waals surface area contributed by atoms with E-state index in [1.54, 1.807) is 18.2 Å². The predicted molar refractivity (Wildman–Crippen MR) is 53.8 cm³/mol. The third-order valence-corrected chi connectivity index (χ3v) is 1.84. The molecular weight excluding hydrogens is 198 g/mol. The Morgan fingerprint density at radius 1 is 1.33 bits per heavy atom. The van der Waals surface area contributed by atoms with Gasteiger partial charge in [-0.15, -0.1) is 0 Å². The SMILES string of the molecule is N#Cc1cc(F)c(F)cc1C=CCCN. The van der Waals surface area contributed by atoms with Crippen molar-refractivity contribution in [3.63, 3.8) is 0 Å². The second kappa shape index (κ2) is 5.23. The molecule has 0 heterocycles. The fourth-order valence-corrected chi connectivity index (χ4v) is 1.10. The van der Waals surface area contributed by atoms with Gasteiger partial charge in [-0.1, -0.05) is 12.2 Å². The molecule has 1 aromatic rings. The van der Waals surface area contributed by atoms with Crippen LogP contribution in [0.4, 0.5) is 8.78 Å². The van der Waals surface area contributed by atoms with Gasteiger partial charge in [-0.2, -0.15) is 5.26 Å². The Morgan fingerprint density at radius 3 is 2.60 bits per heavy atom. The fraction of sp³-hybridized carbons (Fsp3) is 0.182. The standard InChI is InChI=1S/C11H10F2N2/c12-10-5-8(3-1-2-4-14)9(7-15)6-11(10)13/h1,3,5-6H,2,4,14H2. The van der Waals surface area contributed by atoms with Gasteiger partial charge in [0.15, 0.2) is 11.6 Å². The van der Waals surface area contributed by atoms with Crippen LogP contribution in [0.3, 0.4) is 0 Å². The first-order valence-electron chi connectivity index (χ1n) is 4.44. The van der Waals surface area contributed by atoms with Gasteiger partial charge in [0.2, 0.25) is 0 Å². The zero-order valence-electron chi connectivity index (χ0n) is 8.00. The van der Waals surface area contributed by atoms with Crippen LogP contribution < -0.4 is 5.73 Å². The monoisotopic (exact) mass is 208 g/mol. The minimum Gasteiger partial charge on any atom is -0.330 e. The molecule has 0 aliphatic heterocycles. The molecule has 0 spiro atoms. The smallest absolute Gasteiger partial charge is 0.160 e. The molecular formula is C11H10F2N2. The lowest BCUT2D eigenvalue weighted by molar-refractivity contribution is 0.508. The van der Waals surface area contributed by atoms with Crippen LogP contribution in [0.5, 0.6) is 0 Å². The van der Waals surface area contributed by atoms with Crippen molar-refractivity contribution in [3.05, 3.63) is 41.0 Å². The number of benzene rings is 1. The second-order valence-electron chi connectivity index (χ2n) is 2.95. The normalized spacial score (nSPS) is 10.5. The van der Waals surface area contributed by atoms with Crippen molar-refractivity contribution in [1.82, 2.24) is 0 Å².